The molecule has 0 N–H and O–H groups in total. The topological polar surface area (TPSA) is 29.5 Å². The van der Waals surface area contributed by atoms with Gasteiger partial charge < -0.3 is 13.7 Å². The van der Waals surface area contributed by atoms with Crippen molar-refractivity contribution in [3.05, 3.63) is 192 Å². The fourth-order valence-corrected chi connectivity index (χ4v) is 8.26. The molecule has 1 aliphatic rings. The van der Waals surface area contributed by atoms with E-state index in [1.807, 2.05) is 6.07 Å². The van der Waals surface area contributed by atoms with Gasteiger partial charge in [0.15, 0.2) is 0 Å². The van der Waals surface area contributed by atoms with Gasteiger partial charge in [0.1, 0.15) is 22.5 Å². The molecule has 1 atom stereocenters. The Bertz CT molecular complexity index is 2930. The lowest BCUT2D eigenvalue weighted by Crippen LogP contribution is -2.36. The van der Waals surface area contributed by atoms with Gasteiger partial charge in [-0.2, -0.15) is 0 Å². The highest BCUT2D eigenvalue weighted by Gasteiger charge is 2.28. The third kappa shape index (κ3) is 5.44. The van der Waals surface area contributed by atoms with Gasteiger partial charge in [-0.25, -0.2) is 0 Å². The van der Waals surface area contributed by atoms with Crippen molar-refractivity contribution in [1.29, 1.82) is 0 Å². The van der Waals surface area contributed by atoms with Gasteiger partial charge in [-0.05, 0) is 88.5 Å². The smallest absolute Gasteiger partial charge is 0.136 e. The molecule has 0 bridgehead atoms. The average molecular weight is 684 g/mol. The van der Waals surface area contributed by atoms with Crippen LogP contribution >= 0.6 is 0 Å². The van der Waals surface area contributed by atoms with Crippen molar-refractivity contribution < 1.29 is 8.83 Å². The van der Waals surface area contributed by atoms with E-state index in [-0.39, 0.29) is 6.04 Å². The largest absolute Gasteiger partial charge is 0.460 e. The molecule has 2 heterocycles. The minimum Gasteiger partial charge on any atom is -0.460 e. The summed E-state index contributed by atoms with van der Waals surface area (Å²) in [5.41, 5.74) is 9.82. The quantitative estimate of drug-likeness (QED) is 0.157. The summed E-state index contributed by atoms with van der Waals surface area (Å²) in [6.45, 7) is 2.10. The average Bonchev–Trinajstić information content (AvgIpc) is 3.76. The number of hydrogen-bond donors (Lipinski definition) is 0. The highest BCUT2D eigenvalue weighted by molar-refractivity contribution is 6.11. The van der Waals surface area contributed by atoms with Crippen LogP contribution in [0.2, 0.25) is 0 Å². The van der Waals surface area contributed by atoms with E-state index in [1.165, 1.54) is 32.7 Å². The molecule has 254 valence electrons. The zero-order valence-corrected chi connectivity index (χ0v) is 29.5. The van der Waals surface area contributed by atoms with E-state index >= 15 is 0 Å². The van der Waals surface area contributed by atoms with E-state index in [2.05, 4.69) is 182 Å². The maximum Gasteiger partial charge on any atom is 0.136 e. The van der Waals surface area contributed by atoms with E-state index in [0.29, 0.717) is 0 Å². The van der Waals surface area contributed by atoms with E-state index in [4.69, 9.17) is 8.83 Å². The Kier molecular flexibility index (Phi) is 7.58. The normalized spacial score (nSPS) is 14.7. The number of furan rings is 2. The predicted octanol–water partition coefficient (Wildman–Crippen LogP) is 13.5. The van der Waals surface area contributed by atoms with E-state index in [9.17, 15) is 0 Å². The van der Waals surface area contributed by atoms with Crippen LogP contribution in [-0.2, 0) is 12.8 Å². The lowest BCUT2D eigenvalue weighted by molar-refractivity contribution is 0.527. The van der Waals surface area contributed by atoms with Gasteiger partial charge in [0.05, 0.1) is 6.04 Å². The number of para-hydroxylation sites is 2. The first-order valence-corrected chi connectivity index (χ1v) is 18.4. The minimum atomic E-state index is 0.0176. The Morgan fingerprint density at radius 3 is 2.25 bits per heavy atom. The minimum absolute atomic E-state index is 0.0176. The summed E-state index contributed by atoms with van der Waals surface area (Å²) in [4.78, 5) is 2.51. The van der Waals surface area contributed by atoms with Gasteiger partial charge in [-0.15, -0.1) is 0 Å². The molecule has 2 aromatic heterocycles. The van der Waals surface area contributed by atoms with Crippen molar-refractivity contribution >= 4 is 66.2 Å². The molecule has 0 aliphatic heterocycles. The zero-order valence-electron chi connectivity index (χ0n) is 29.5. The molecule has 53 heavy (non-hydrogen) atoms. The van der Waals surface area contributed by atoms with Crippen LogP contribution < -0.4 is 4.90 Å². The molecule has 0 amide bonds. The maximum atomic E-state index is 6.52. The van der Waals surface area contributed by atoms with Crippen molar-refractivity contribution in [3.63, 3.8) is 0 Å². The van der Waals surface area contributed by atoms with Crippen LogP contribution in [-0.4, -0.2) is 6.04 Å². The molecule has 0 saturated carbocycles. The standard InChI is InChI=1S/C50H37NO2/c1-2-12-38(25-23-34-17-11-16-33-13-5-6-18-40(33)34)51(39-26-27-43-42-20-8-10-22-47(42)52-50(43)32-39)46-21-9-7-19-41(46)37-24-28-48-44(30-37)45-29-35-14-3-4-15-36(35)31-49(45)53-48/h2-22,24-31,39H,23,32H2,1H3/b12-2-,38-25+. The van der Waals surface area contributed by atoms with Crippen LogP contribution in [0.3, 0.4) is 0 Å². The number of rotatable bonds is 7. The van der Waals surface area contributed by atoms with Crippen LogP contribution in [0.25, 0.3) is 71.7 Å². The molecule has 9 aromatic rings. The fraction of sp³-hybridized carbons (Fsp3) is 0.0800. The molecular formula is C50H37NO2. The van der Waals surface area contributed by atoms with Crippen molar-refractivity contribution in [2.24, 2.45) is 0 Å². The molecule has 0 radical (unpaired) electrons. The highest BCUT2D eigenvalue weighted by Crippen LogP contribution is 2.41. The second kappa shape index (κ2) is 12.9. The molecule has 7 aromatic carbocycles. The molecule has 3 heteroatoms. The Hall–Kier alpha value is -6.58. The monoisotopic (exact) mass is 683 g/mol. The summed E-state index contributed by atoms with van der Waals surface area (Å²) in [6.07, 6.45) is 13.0. The number of anilines is 1. The number of nitrogens with zero attached hydrogens (tertiary/aromatic N) is 1. The van der Waals surface area contributed by atoms with Gasteiger partial charge in [0.25, 0.3) is 0 Å². The number of allylic oxidation sites excluding steroid dienone is 3. The van der Waals surface area contributed by atoms with Crippen LogP contribution in [0.5, 0.6) is 0 Å². The van der Waals surface area contributed by atoms with E-state index in [1.54, 1.807) is 0 Å². The second-order valence-electron chi connectivity index (χ2n) is 13.9. The van der Waals surface area contributed by atoms with Crippen LogP contribution in [0.1, 0.15) is 23.8 Å². The molecule has 0 saturated heterocycles. The summed E-state index contributed by atoms with van der Waals surface area (Å²) >= 11 is 0. The molecule has 10 rings (SSSR count). The molecular weight excluding hydrogens is 647 g/mol. The van der Waals surface area contributed by atoms with Gasteiger partial charge in [-0.1, -0.05) is 133 Å². The molecule has 0 spiro atoms. The first-order chi connectivity index (χ1) is 26.2. The summed E-state index contributed by atoms with van der Waals surface area (Å²) in [5.74, 6) is 1.02. The molecule has 0 fully saturated rings. The van der Waals surface area contributed by atoms with E-state index in [0.717, 1.165) is 74.0 Å². The number of hydrogen-bond acceptors (Lipinski definition) is 3. The number of benzene rings is 7. The summed E-state index contributed by atoms with van der Waals surface area (Å²) in [7, 11) is 0. The highest BCUT2D eigenvalue weighted by atomic mass is 16.3. The van der Waals surface area contributed by atoms with Gasteiger partial charge in [0.2, 0.25) is 0 Å². The van der Waals surface area contributed by atoms with Gasteiger partial charge >= 0.3 is 0 Å². The zero-order chi connectivity index (χ0) is 35.3. The lowest BCUT2D eigenvalue weighted by atomic mass is 9.94. The SMILES string of the molecule is C/C=C\C(=C/Cc1cccc2ccccc12)N(c1ccccc1-c1ccc2oc3cc4ccccc4cc3c2c1)C1C=Cc2c(oc3ccccc23)C1. The second-order valence-corrected chi connectivity index (χ2v) is 13.9. The van der Waals surface area contributed by atoms with Crippen molar-refractivity contribution in [2.75, 3.05) is 4.90 Å². The first-order valence-electron chi connectivity index (χ1n) is 18.4. The fourth-order valence-electron chi connectivity index (χ4n) is 8.26. The van der Waals surface area contributed by atoms with Gasteiger partial charge in [-0.3, -0.25) is 0 Å². The summed E-state index contributed by atoms with van der Waals surface area (Å²) in [6, 6.07) is 52.0. The summed E-state index contributed by atoms with van der Waals surface area (Å²) in [5, 5.41) is 8.35. The molecule has 1 unspecified atom stereocenters. The Morgan fingerprint density at radius 2 is 1.36 bits per heavy atom. The predicted molar refractivity (Wildman–Crippen MR) is 222 cm³/mol. The van der Waals surface area contributed by atoms with Crippen molar-refractivity contribution in [2.45, 2.75) is 25.8 Å². The third-order valence-electron chi connectivity index (χ3n) is 10.8. The molecule has 1 aliphatic carbocycles. The summed E-state index contributed by atoms with van der Waals surface area (Å²) < 4.78 is 12.9. The lowest BCUT2D eigenvalue weighted by Gasteiger charge is -2.35. The van der Waals surface area contributed by atoms with Crippen molar-refractivity contribution in [1.82, 2.24) is 0 Å². The van der Waals surface area contributed by atoms with Crippen LogP contribution in [0, 0.1) is 0 Å². The third-order valence-corrected chi connectivity index (χ3v) is 10.8. The van der Waals surface area contributed by atoms with E-state index < -0.39 is 0 Å². The van der Waals surface area contributed by atoms with Crippen LogP contribution in [0.4, 0.5) is 5.69 Å². The maximum absolute atomic E-state index is 6.52. The number of fused-ring (bicyclic) bond motifs is 8. The Morgan fingerprint density at radius 1 is 0.642 bits per heavy atom. The van der Waals surface area contributed by atoms with Crippen molar-refractivity contribution in [3.8, 4) is 11.1 Å². The molecule has 3 nitrogen and oxygen atoms in total. The van der Waals surface area contributed by atoms with Crippen LogP contribution in [0.15, 0.2) is 184 Å². The first kappa shape index (κ1) is 31.2. The Labute approximate surface area is 308 Å². The Balaban J connectivity index is 1.13. The van der Waals surface area contributed by atoms with Gasteiger partial charge in [0, 0.05) is 45.1 Å².